The number of benzene rings is 1. The van der Waals surface area contributed by atoms with Gasteiger partial charge in [-0.15, -0.1) is 0 Å². The van der Waals surface area contributed by atoms with E-state index in [1.54, 1.807) is 27.3 Å². The zero-order valence-corrected chi connectivity index (χ0v) is 20.4. The molecule has 37 heavy (non-hydrogen) atoms. The standard InChI is InChI=1S/C23H19F3N6O4S/c1-12-3-4-31-17(9-12)27-13(2)18(31)21(34)29-5-7-30(8-6-29)22-28-20(33)15-10-14(23(24,25)26)11-16(32(35)36)19(15)37-22/h3-4,9-11H,5-8H2,1-2H3. The molecule has 4 heterocycles. The van der Waals surface area contributed by atoms with E-state index in [0.29, 0.717) is 29.2 Å². The quantitative estimate of drug-likeness (QED) is 0.291. The van der Waals surface area contributed by atoms with Crippen LogP contribution in [-0.4, -0.2) is 56.3 Å². The number of halogens is 3. The number of fused-ring (bicyclic) bond motifs is 2. The molecule has 1 aliphatic rings. The second kappa shape index (κ2) is 8.80. The number of piperazine rings is 1. The first-order chi connectivity index (χ1) is 17.4. The van der Waals surface area contributed by atoms with E-state index < -0.39 is 33.3 Å². The molecule has 0 bridgehead atoms. The molecule has 4 aromatic rings. The molecule has 0 unspecified atom stereocenters. The molecule has 0 N–H and O–H groups in total. The third-order valence-corrected chi connectivity index (χ3v) is 7.38. The van der Waals surface area contributed by atoms with Crippen LogP contribution in [0.25, 0.3) is 15.7 Å². The highest BCUT2D eigenvalue weighted by Crippen LogP contribution is 2.38. The third kappa shape index (κ3) is 4.37. The SMILES string of the molecule is Cc1ccn2c(C(=O)N3CCN(c4nc(=O)c5cc(C(F)(F)F)cc([N+](=O)[O-])c5s4)CC3)c(C)nc2c1. The number of aromatic nitrogens is 3. The largest absolute Gasteiger partial charge is 0.416 e. The second-order valence-corrected chi connectivity index (χ2v) is 9.66. The molecule has 5 rings (SSSR count). The fourth-order valence-corrected chi connectivity index (χ4v) is 5.46. The van der Waals surface area contributed by atoms with Crippen LogP contribution >= 0.6 is 11.3 Å². The third-order valence-electron chi connectivity index (χ3n) is 6.21. The van der Waals surface area contributed by atoms with Gasteiger partial charge >= 0.3 is 6.18 Å². The van der Waals surface area contributed by atoms with E-state index in [2.05, 4.69) is 9.97 Å². The highest BCUT2D eigenvalue weighted by molar-refractivity contribution is 7.22. The van der Waals surface area contributed by atoms with Gasteiger partial charge in [-0.2, -0.15) is 18.2 Å². The number of carbonyl (C=O) groups is 1. The molecular weight excluding hydrogens is 513 g/mol. The summed E-state index contributed by atoms with van der Waals surface area (Å²) >= 11 is 0.783. The van der Waals surface area contributed by atoms with Gasteiger partial charge in [-0.1, -0.05) is 11.3 Å². The lowest BCUT2D eigenvalue weighted by Gasteiger charge is -2.34. The number of carbonyl (C=O) groups excluding carboxylic acids is 1. The predicted molar refractivity (Wildman–Crippen MR) is 130 cm³/mol. The van der Waals surface area contributed by atoms with Crippen molar-refractivity contribution < 1.29 is 22.9 Å². The number of nitro benzene ring substituents is 1. The number of hydrogen-bond acceptors (Lipinski definition) is 8. The number of amides is 1. The Morgan fingerprint density at radius 2 is 1.81 bits per heavy atom. The van der Waals surface area contributed by atoms with Gasteiger partial charge in [-0.25, -0.2) is 4.98 Å². The van der Waals surface area contributed by atoms with Crippen LogP contribution < -0.4 is 10.5 Å². The maximum Gasteiger partial charge on any atom is 0.416 e. The first-order valence-electron chi connectivity index (χ1n) is 11.1. The molecular formula is C23H19F3N6O4S. The van der Waals surface area contributed by atoms with E-state index in [0.717, 1.165) is 16.9 Å². The van der Waals surface area contributed by atoms with Gasteiger partial charge in [0.25, 0.3) is 17.2 Å². The smallest absolute Gasteiger partial charge is 0.344 e. The Labute approximate surface area is 210 Å². The Kier molecular flexibility index (Phi) is 5.85. The lowest BCUT2D eigenvalue weighted by Crippen LogP contribution is -2.49. The molecule has 1 fully saturated rings. The minimum Gasteiger partial charge on any atom is -0.344 e. The number of nitrogens with zero attached hydrogens (tertiary/aromatic N) is 6. The number of aryl methyl sites for hydroxylation is 2. The Morgan fingerprint density at radius 1 is 1.11 bits per heavy atom. The van der Waals surface area contributed by atoms with E-state index in [1.807, 2.05) is 19.1 Å². The molecule has 0 saturated carbocycles. The van der Waals surface area contributed by atoms with E-state index in [4.69, 9.17) is 0 Å². The highest BCUT2D eigenvalue weighted by Gasteiger charge is 2.35. The van der Waals surface area contributed by atoms with Crippen LogP contribution in [0.2, 0.25) is 0 Å². The van der Waals surface area contributed by atoms with Crippen LogP contribution in [0, 0.1) is 24.0 Å². The van der Waals surface area contributed by atoms with Crippen molar-refractivity contribution >= 4 is 43.8 Å². The van der Waals surface area contributed by atoms with Gasteiger partial charge in [0.15, 0.2) is 5.13 Å². The van der Waals surface area contributed by atoms with Crippen LogP contribution in [0.5, 0.6) is 0 Å². The summed E-state index contributed by atoms with van der Waals surface area (Å²) in [6.45, 7) is 4.83. The van der Waals surface area contributed by atoms with E-state index >= 15 is 0 Å². The summed E-state index contributed by atoms with van der Waals surface area (Å²) in [7, 11) is 0. The van der Waals surface area contributed by atoms with Crippen molar-refractivity contribution in [2.45, 2.75) is 20.0 Å². The van der Waals surface area contributed by atoms with Gasteiger partial charge in [0.2, 0.25) is 0 Å². The number of anilines is 1. The van der Waals surface area contributed by atoms with Gasteiger partial charge in [0, 0.05) is 38.4 Å². The number of imidazole rings is 1. The number of non-ortho nitro benzene ring substituents is 1. The van der Waals surface area contributed by atoms with Gasteiger partial charge < -0.3 is 9.80 Å². The van der Waals surface area contributed by atoms with Crippen molar-refractivity contribution in [3.63, 3.8) is 0 Å². The second-order valence-electron chi connectivity index (χ2n) is 8.69. The fourth-order valence-electron chi connectivity index (χ4n) is 4.35. The minimum absolute atomic E-state index is 0.147. The lowest BCUT2D eigenvalue weighted by atomic mass is 10.1. The summed E-state index contributed by atoms with van der Waals surface area (Å²) in [6.07, 6.45) is -3.06. The number of rotatable bonds is 3. The van der Waals surface area contributed by atoms with Crippen LogP contribution in [0.4, 0.5) is 24.0 Å². The van der Waals surface area contributed by atoms with Crippen molar-refractivity contribution in [3.05, 3.63) is 73.4 Å². The number of hydrogen-bond donors (Lipinski definition) is 0. The van der Waals surface area contributed by atoms with Crippen LogP contribution in [0.1, 0.15) is 27.3 Å². The summed E-state index contributed by atoms with van der Waals surface area (Å²) in [6, 6.07) is 4.78. The average molecular weight is 533 g/mol. The zero-order valence-electron chi connectivity index (χ0n) is 19.6. The van der Waals surface area contributed by atoms with E-state index in [9.17, 15) is 32.9 Å². The average Bonchev–Trinajstić information content (AvgIpc) is 3.16. The topological polar surface area (TPSA) is 114 Å². The predicted octanol–water partition coefficient (Wildman–Crippen LogP) is 3.81. The van der Waals surface area contributed by atoms with Gasteiger partial charge in [-0.3, -0.25) is 24.1 Å². The Bertz CT molecular complexity index is 1640. The summed E-state index contributed by atoms with van der Waals surface area (Å²) in [5, 5.41) is 11.2. The Hall–Kier alpha value is -4.07. The van der Waals surface area contributed by atoms with Gasteiger partial charge in [-0.05, 0) is 37.6 Å². The molecule has 10 nitrogen and oxygen atoms in total. The fraction of sp³-hybridized carbons (Fsp3) is 0.304. The summed E-state index contributed by atoms with van der Waals surface area (Å²) < 4.78 is 41.2. The van der Waals surface area contributed by atoms with Crippen molar-refractivity contribution in [1.29, 1.82) is 0 Å². The van der Waals surface area contributed by atoms with Crippen molar-refractivity contribution in [2.24, 2.45) is 0 Å². The Balaban J connectivity index is 1.42. The summed E-state index contributed by atoms with van der Waals surface area (Å²) in [5.41, 5.74) is -0.334. The van der Waals surface area contributed by atoms with Crippen molar-refractivity contribution in [3.8, 4) is 0 Å². The molecule has 0 atom stereocenters. The van der Waals surface area contributed by atoms with Crippen LogP contribution in [0.15, 0.2) is 35.3 Å². The first kappa shape index (κ1) is 24.6. The number of alkyl halides is 3. The highest BCUT2D eigenvalue weighted by atomic mass is 32.1. The summed E-state index contributed by atoms with van der Waals surface area (Å²) in [4.78, 5) is 48.2. The normalized spacial score (nSPS) is 14.5. The number of pyridine rings is 1. The van der Waals surface area contributed by atoms with E-state index in [-0.39, 0.29) is 41.9 Å². The summed E-state index contributed by atoms with van der Waals surface area (Å²) in [5.74, 6) is -0.205. The molecule has 14 heteroatoms. The monoisotopic (exact) mass is 532 g/mol. The molecule has 0 spiro atoms. The van der Waals surface area contributed by atoms with Gasteiger partial charge in [0.05, 0.1) is 21.6 Å². The number of nitro groups is 1. The maximum atomic E-state index is 13.3. The van der Waals surface area contributed by atoms with E-state index in [1.165, 1.54) is 0 Å². The van der Waals surface area contributed by atoms with Crippen LogP contribution in [-0.2, 0) is 6.18 Å². The lowest BCUT2D eigenvalue weighted by molar-refractivity contribution is -0.383. The molecule has 3 aromatic heterocycles. The minimum atomic E-state index is -4.85. The molecule has 1 aliphatic heterocycles. The maximum absolute atomic E-state index is 13.3. The molecule has 192 valence electrons. The molecule has 1 amide bonds. The molecule has 0 aliphatic carbocycles. The first-order valence-corrected chi connectivity index (χ1v) is 12.0. The van der Waals surface area contributed by atoms with Crippen molar-refractivity contribution in [2.75, 3.05) is 31.1 Å². The molecule has 1 saturated heterocycles. The zero-order chi connectivity index (χ0) is 26.6. The Morgan fingerprint density at radius 3 is 2.46 bits per heavy atom. The van der Waals surface area contributed by atoms with Gasteiger partial charge in [0.1, 0.15) is 16.0 Å². The molecule has 1 aromatic carbocycles. The molecule has 0 radical (unpaired) electrons. The van der Waals surface area contributed by atoms with Crippen LogP contribution in [0.3, 0.4) is 0 Å². The van der Waals surface area contributed by atoms with Crippen molar-refractivity contribution in [1.82, 2.24) is 19.3 Å².